The Hall–Kier alpha value is -1.82. The molecule has 0 saturated carbocycles. The molecule has 0 radical (unpaired) electrons. The van der Waals surface area contributed by atoms with Crippen LogP contribution in [0.5, 0.6) is 0 Å². The summed E-state index contributed by atoms with van der Waals surface area (Å²) in [7, 11) is 1.93. The minimum atomic E-state index is -0.862. The van der Waals surface area contributed by atoms with Crippen LogP contribution in [-0.4, -0.2) is 31.9 Å². The van der Waals surface area contributed by atoms with E-state index in [1.54, 1.807) is 11.3 Å². The van der Waals surface area contributed by atoms with Gasteiger partial charge < -0.3 is 10.0 Å². The van der Waals surface area contributed by atoms with Gasteiger partial charge in [-0.1, -0.05) is 6.07 Å². The standard InChI is InChI=1S/C13H15N3O2S/c1-8-6-10-9(7-16(8)13(17)18)12(14-15(10)2)11-4-3-5-19-11/h3-5,8H,6-7H2,1-2H3,(H,17,18). The molecule has 19 heavy (non-hydrogen) atoms. The van der Waals surface area contributed by atoms with Crippen LogP contribution in [0.3, 0.4) is 0 Å². The number of aryl methyl sites for hydroxylation is 1. The van der Waals surface area contributed by atoms with Crippen molar-refractivity contribution < 1.29 is 9.90 Å². The Morgan fingerprint density at radius 1 is 1.58 bits per heavy atom. The molecular formula is C13H15N3O2S. The van der Waals surface area contributed by atoms with Crippen LogP contribution in [0.15, 0.2) is 17.5 Å². The zero-order chi connectivity index (χ0) is 13.6. The summed E-state index contributed by atoms with van der Waals surface area (Å²) in [4.78, 5) is 13.9. The fraction of sp³-hybridized carbons (Fsp3) is 0.385. The molecule has 0 aliphatic carbocycles. The number of thiophene rings is 1. The van der Waals surface area contributed by atoms with E-state index in [2.05, 4.69) is 5.10 Å². The monoisotopic (exact) mass is 277 g/mol. The molecule has 5 nitrogen and oxygen atoms in total. The maximum absolute atomic E-state index is 11.3. The third-order valence-corrected chi connectivity index (χ3v) is 4.50. The molecule has 1 N–H and O–H groups in total. The van der Waals surface area contributed by atoms with E-state index in [-0.39, 0.29) is 6.04 Å². The van der Waals surface area contributed by atoms with Crippen LogP contribution >= 0.6 is 11.3 Å². The first-order chi connectivity index (χ1) is 9.08. The molecule has 1 unspecified atom stereocenters. The van der Waals surface area contributed by atoms with Crippen LogP contribution in [0, 0.1) is 0 Å². The van der Waals surface area contributed by atoms with Crippen molar-refractivity contribution in [1.29, 1.82) is 0 Å². The molecule has 0 aromatic carbocycles. The molecule has 3 rings (SSSR count). The van der Waals surface area contributed by atoms with E-state index >= 15 is 0 Å². The van der Waals surface area contributed by atoms with Crippen molar-refractivity contribution in [1.82, 2.24) is 14.7 Å². The fourth-order valence-electron chi connectivity index (χ4n) is 2.61. The Labute approximate surface area is 115 Å². The van der Waals surface area contributed by atoms with E-state index in [0.29, 0.717) is 6.54 Å². The van der Waals surface area contributed by atoms with Gasteiger partial charge in [0.1, 0.15) is 5.69 Å². The molecule has 100 valence electrons. The summed E-state index contributed by atoms with van der Waals surface area (Å²) in [5.41, 5.74) is 3.12. The number of amides is 1. The van der Waals surface area contributed by atoms with Crippen molar-refractivity contribution in [3.05, 3.63) is 28.8 Å². The summed E-state index contributed by atoms with van der Waals surface area (Å²) in [5.74, 6) is 0. The highest BCUT2D eigenvalue weighted by atomic mass is 32.1. The van der Waals surface area contributed by atoms with Gasteiger partial charge in [-0.25, -0.2) is 4.79 Å². The van der Waals surface area contributed by atoms with Gasteiger partial charge in [0, 0.05) is 30.8 Å². The lowest BCUT2D eigenvalue weighted by Gasteiger charge is -2.31. The second-order valence-electron chi connectivity index (χ2n) is 4.84. The fourth-order valence-corrected chi connectivity index (χ4v) is 3.34. The number of aromatic nitrogens is 2. The first-order valence-corrected chi connectivity index (χ1v) is 7.04. The number of fused-ring (bicyclic) bond motifs is 1. The van der Waals surface area contributed by atoms with Gasteiger partial charge in [0.25, 0.3) is 0 Å². The topological polar surface area (TPSA) is 58.4 Å². The molecule has 0 fully saturated rings. The average Bonchev–Trinajstić information content (AvgIpc) is 2.97. The van der Waals surface area contributed by atoms with Crippen LogP contribution in [-0.2, 0) is 20.0 Å². The van der Waals surface area contributed by atoms with Crippen molar-refractivity contribution in [2.75, 3.05) is 0 Å². The molecule has 6 heteroatoms. The highest BCUT2D eigenvalue weighted by Crippen LogP contribution is 2.33. The van der Waals surface area contributed by atoms with Crippen molar-refractivity contribution in [3.8, 4) is 10.6 Å². The number of rotatable bonds is 1. The molecule has 1 aliphatic heterocycles. The SMILES string of the molecule is CC1Cc2c(c(-c3cccs3)nn2C)CN1C(=O)O. The first kappa shape index (κ1) is 12.2. The van der Waals surface area contributed by atoms with Gasteiger partial charge in [0.05, 0.1) is 11.4 Å². The van der Waals surface area contributed by atoms with Crippen molar-refractivity contribution in [3.63, 3.8) is 0 Å². The van der Waals surface area contributed by atoms with E-state index in [9.17, 15) is 9.90 Å². The Morgan fingerprint density at radius 2 is 2.37 bits per heavy atom. The van der Waals surface area contributed by atoms with Crippen molar-refractivity contribution in [2.24, 2.45) is 7.05 Å². The van der Waals surface area contributed by atoms with Crippen molar-refractivity contribution in [2.45, 2.75) is 25.9 Å². The lowest BCUT2D eigenvalue weighted by molar-refractivity contribution is 0.119. The van der Waals surface area contributed by atoms with Gasteiger partial charge in [-0.2, -0.15) is 5.10 Å². The van der Waals surface area contributed by atoms with Gasteiger partial charge in [-0.05, 0) is 18.4 Å². The Balaban J connectivity index is 2.08. The Bertz CT molecular complexity index is 618. The van der Waals surface area contributed by atoms with E-state index in [4.69, 9.17) is 0 Å². The van der Waals surface area contributed by atoms with Crippen LogP contribution in [0.4, 0.5) is 4.79 Å². The summed E-state index contributed by atoms with van der Waals surface area (Å²) >= 11 is 1.63. The molecule has 1 amide bonds. The number of hydrogen-bond donors (Lipinski definition) is 1. The zero-order valence-corrected chi connectivity index (χ0v) is 11.6. The number of nitrogens with zero attached hydrogens (tertiary/aromatic N) is 3. The Kier molecular flexibility index (Phi) is 2.82. The van der Waals surface area contributed by atoms with Crippen LogP contribution in [0.25, 0.3) is 10.6 Å². The first-order valence-electron chi connectivity index (χ1n) is 6.16. The zero-order valence-electron chi connectivity index (χ0n) is 10.8. The predicted molar refractivity (Wildman–Crippen MR) is 73.3 cm³/mol. The van der Waals surface area contributed by atoms with Gasteiger partial charge >= 0.3 is 6.09 Å². The predicted octanol–water partition coefficient (Wildman–Crippen LogP) is 2.57. The van der Waals surface area contributed by atoms with Crippen LogP contribution in [0.1, 0.15) is 18.2 Å². The maximum atomic E-state index is 11.3. The molecule has 2 aromatic rings. The van der Waals surface area contributed by atoms with E-state index in [1.807, 2.05) is 36.2 Å². The minimum absolute atomic E-state index is 0.00316. The lowest BCUT2D eigenvalue weighted by atomic mass is 9.99. The molecule has 2 aromatic heterocycles. The lowest BCUT2D eigenvalue weighted by Crippen LogP contribution is -2.42. The highest BCUT2D eigenvalue weighted by molar-refractivity contribution is 7.13. The summed E-state index contributed by atoms with van der Waals surface area (Å²) in [6.45, 7) is 2.36. The second kappa shape index (κ2) is 4.38. The molecule has 0 bridgehead atoms. The highest BCUT2D eigenvalue weighted by Gasteiger charge is 2.31. The van der Waals surface area contributed by atoms with Crippen molar-refractivity contribution >= 4 is 17.4 Å². The molecule has 1 atom stereocenters. The summed E-state index contributed by atoms with van der Waals surface area (Å²) < 4.78 is 1.89. The summed E-state index contributed by atoms with van der Waals surface area (Å²) in [5, 5.41) is 15.8. The van der Waals surface area contributed by atoms with Crippen LogP contribution < -0.4 is 0 Å². The van der Waals surface area contributed by atoms with Crippen LogP contribution in [0.2, 0.25) is 0 Å². The molecule has 1 aliphatic rings. The third kappa shape index (κ3) is 1.92. The maximum Gasteiger partial charge on any atom is 0.407 e. The molecule has 3 heterocycles. The van der Waals surface area contributed by atoms with Gasteiger partial charge in [-0.15, -0.1) is 11.3 Å². The summed E-state index contributed by atoms with van der Waals surface area (Å²) in [6.07, 6.45) is -0.143. The quantitative estimate of drug-likeness (QED) is 0.871. The molecular weight excluding hydrogens is 262 g/mol. The normalized spacial score (nSPS) is 18.4. The van der Waals surface area contributed by atoms with Gasteiger partial charge in [0.15, 0.2) is 0 Å². The van der Waals surface area contributed by atoms with E-state index < -0.39 is 6.09 Å². The number of hydrogen-bond acceptors (Lipinski definition) is 3. The second-order valence-corrected chi connectivity index (χ2v) is 5.79. The third-order valence-electron chi connectivity index (χ3n) is 3.62. The van der Waals surface area contributed by atoms with E-state index in [1.165, 1.54) is 4.90 Å². The Morgan fingerprint density at radius 3 is 3.00 bits per heavy atom. The smallest absolute Gasteiger partial charge is 0.407 e. The number of carboxylic acid groups (broad SMARTS) is 1. The minimum Gasteiger partial charge on any atom is -0.465 e. The molecule has 0 saturated heterocycles. The number of carbonyl (C=O) groups is 1. The van der Waals surface area contributed by atoms with Gasteiger partial charge in [-0.3, -0.25) is 4.68 Å². The summed E-state index contributed by atoms with van der Waals surface area (Å²) in [6, 6.07) is 4.01. The largest absolute Gasteiger partial charge is 0.465 e. The molecule has 0 spiro atoms. The van der Waals surface area contributed by atoms with Gasteiger partial charge in [0.2, 0.25) is 0 Å². The average molecular weight is 277 g/mol. The van der Waals surface area contributed by atoms with E-state index in [0.717, 1.165) is 28.2 Å².